The fourth-order valence-electron chi connectivity index (χ4n) is 2.81. The number of aryl methyl sites for hydroxylation is 1. The predicted octanol–water partition coefficient (Wildman–Crippen LogP) is 2.33. The molecule has 1 amide bonds. The van der Waals surface area contributed by atoms with Gasteiger partial charge in [0.15, 0.2) is 0 Å². The number of nitrogens with one attached hydrogen (secondary N) is 1. The Labute approximate surface area is 123 Å². The smallest absolute Gasteiger partial charge is 0.273 e. The number of benzene rings is 1. The third kappa shape index (κ3) is 3.39. The maximum atomic E-state index is 12.3. The molecular formula is C15H20N2O4. The van der Waals surface area contributed by atoms with Crippen LogP contribution in [0.2, 0.25) is 0 Å². The summed E-state index contributed by atoms with van der Waals surface area (Å²) in [5.41, 5.74) is 0.121. The van der Waals surface area contributed by atoms with Crippen molar-refractivity contribution in [2.45, 2.75) is 44.6 Å². The zero-order valence-corrected chi connectivity index (χ0v) is 12.1. The van der Waals surface area contributed by atoms with E-state index in [9.17, 15) is 20.0 Å². The third-order valence-electron chi connectivity index (χ3n) is 4.16. The number of carbonyl (C=O) groups is 1. The van der Waals surface area contributed by atoms with Crippen molar-refractivity contribution in [3.8, 4) is 0 Å². The second-order valence-electron chi connectivity index (χ2n) is 5.71. The van der Waals surface area contributed by atoms with E-state index in [1.165, 1.54) is 6.07 Å². The van der Waals surface area contributed by atoms with E-state index in [0.29, 0.717) is 5.56 Å². The topological polar surface area (TPSA) is 92.5 Å². The number of hydrogen-bond acceptors (Lipinski definition) is 4. The van der Waals surface area contributed by atoms with Crippen LogP contribution in [0.15, 0.2) is 18.2 Å². The Morgan fingerprint density at radius 2 is 2.05 bits per heavy atom. The van der Waals surface area contributed by atoms with E-state index in [1.54, 1.807) is 19.1 Å². The van der Waals surface area contributed by atoms with E-state index >= 15 is 0 Å². The van der Waals surface area contributed by atoms with Crippen molar-refractivity contribution in [3.05, 3.63) is 39.4 Å². The average molecular weight is 292 g/mol. The molecule has 2 N–H and O–H groups in total. The van der Waals surface area contributed by atoms with Crippen molar-refractivity contribution >= 4 is 11.6 Å². The molecule has 1 fully saturated rings. The van der Waals surface area contributed by atoms with Gasteiger partial charge in [0.05, 0.1) is 17.1 Å². The minimum atomic E-state index is -0.588. The zero-order chi connectivity index (χ0) is 15.5. The fourth-order valence-corrected chi connectivity index (χ4v) is 2.81. The summed E-state index contributed by atoms with van der Waals surface area (Å²) in [7, 11) is 0. The van der Waals surface area contributed by atoms with E-state index in [-0.39, 0.29) is 23.8 Å². The van der Waals surface area contributed by atoms with Crippen LogP contribution in [0.25, 0.3) is 0 Å². The van der Waals surface area contributed by atoms with E-state index in [1.807, 2.05) is 0 Å². The first-order valence-corrected chi connectivity index (χ1v) is 7.16. The highest BCUT2D eigenvalue weighted by Gasteiger charge is 2.33. The van der Waals surface area contributed by atoms with Crippen molar-refractivity contribution in [1.82, 2.24) is 5.32 Å². The highest BCUT2D eigenvalue weighted by Crippen LogP contribution is 2.28. The molecule has 0 atom stereocenters. The Hall–Kier alpha value is -1.95. The number of rotatable bonds is 4. The van der Waals surface area contributed by atoms with Crippen molar-refractivity contribution in [2.75, 3.05) is 6.61 Å². The largest absolute Gasteiger partial charge is 0.394 e. The lowest BCUT2D eigenvalue weighted by Crippen LogP contribution is -2.52. The molecule has 0 saturated heterocycles. The van der Waals surface area contributed by atoms with Crippen LogP contribution in [0, 0.1) is 17.0 Å². The Bertz CT molecular complexity index is 551. The summed E-state index contributed by atoms with van der Waals surface area (Å²) in [5, 5.41) is 23.4. The normalized spacial score (nSPS) is 17.2. The van der Waals surface area contributed by atoms with Gasteiger partial charge in [0.2, 0.25) is 0 Å². The van der Waals surface area contributed by atoms with E-state index in [2.05, 4.69) is 5.32 Å². The second-order valence-corrected chi connectivity index (χ2v) is 5.71. The molecule has 6 heteroatoms. The first-order chi connectivity index (χ1) is 9.97. The predicted molar refractivity (Wildman–Crippen MR) is 78.2 cm³/mol. The molecule has 0 aromatic heterocycles. The first kappa shape index (κ1) is 15.4. The van der Waals surface area contributed by atoms with Gasteiger partial charge in [0.25, 0.3) is 11.6 Å². The van der Waals surface area contributed by atoms with Crippen LogP contribution in [-0.2, 0) is 0 Å². The SMILES string of the molecule is Cc1ccc(C(=O)NC2(CO)CCCCC2)cc1[N+](=O)[O-]. The van der Waals surface area contributed by atoms with Crippen LogP contribution in [0.3, 0.4) is 0 Å². The molecule has 1 aliphatic rings. The monoisotopic (exact) mass is 292 g/mol. The number of aliphatic hydroxyl groups excluding tert-OH is 1. The number of carbonyl (C=O) groups excluding carboxylic acids is 1. The van der Waals surface area contributed by atoms with Crippen molar-refractivity contribution < 1.29 is 14.8 Å². The van der Waals surface area contributed by atoms with Crippen LogP contribution in [0.1, 0.15) is 48.0 Å². The van der Waals surface area contributed by atoms with Crippen molar-refractivity contribution in [1.29, 1.82) is 0 Å². The Morgan fingerprint density at radius 1 is 1.38 bits per heavy atom. The van der Waals surface area contributed by atoms with Gasteiger partial charge in [-0.25, -0.2) is 0 Å². The number of amides is 1. The van der Waals surface area contributed by atoms with Crippen LogP contribution in [-0.4, -0.2) is 28.1 Å². The molecule has 0 spiro atoms. The molecule has 1 aliphatic carbocycles. The Balaban J connectivity index is 2.20. The lowest BCUT2D eigenvalue weighted by molar-refractivity contribution is -0.385. The number of nitrogens with zero attached hydrogens (tertiary/aromatic N) is 1. The van der Waals surface area contributed by atoms with Gasteiger partial charge in [-0.15, -0.1) is 0 Å². The summed E-state index contributed by atoms with van der Waals surface area (Å²) >= 11 is 0. The van der Waals surface area contributed by atoms with Crippen LogP contribution < -0.4 is 5.32 Å². The van der Waals surface area contributed by atoms with Crippen molar-refractivity contribution in [2.24, 2.45) is 0 Å². The molecule has 1 saturated carbocycles. The maximum Gasteiger partial charge on any atom is 0.273 e. The van der Waals surface area contributed by atoms with Crippen LogP contribution >= 0.6 is 0 Å². The van der Waals surface area contributed by atoms with E-state index < -0.39 is 10.5 Å². The molecule has 0 bridgehead atoms. The molecule has 0 aliphatic heterocycles. The first-order valence-electron chi connectivity index (χ1n) is 7.16. The van der Waals surface area contributed by atoms with Crippen molar-refractivity contribution in [3.63, 3.8) is 0 Å². The molecule has 1 aromatic carbocycles. The lowest BCUT2D eigenvalue weighted by atomic mass is 9.82. The van der Waals surface area contributed by atoms with E-state index in [4.69, 9.17) is 0 Å². The third-order valence-corrected chi connectivity index (χ3v) is 4.16. The molecule has 0 unspecified atom stereocenters. The highest BCUT2D eigenvalue weighted by atomic mass is 16.6. The molecule has 0 heterocycles. The Kier molecular flexibility index (Phi) is 4.57. The molecular weight excluding hydrogens is 272 g/mol. The second kappa shape index (κ2) is 6.22. The molecule has 114 valence electrons. The molecule has 2 rings (SSSR count). The summed E-state index contributed by atoms with van der Waals surface area (Å²) in [6.07, 6.45) is 4.52. The number of nitro groups is 1. The van der Waals surface area contributed by atoms with Gasteiger partial charge in [-0.3, -0.25) is 14.9 Å². The van der Waals surface area contributed by atoms with Gasteiger partial charge in [-0.1, -0.05) is 25.3 Å². The van der Waals surface area contributed by atoms with Gasteiger partial charge in [-0.05, 0) is 25.8 Å². The standard InChI is InChI=1S/C15H20N2O4/c1-11-5-6-12(9-13(11)17(20)21)14(19)16-15(10-18)7-3-2-4-8-15/h5-6,9,18H,2-4,7-8,10H2,1H3,(H,16,19). The van der Waals surface area contributed by atoms with Gasteiger partial charge in [0, 0.05) is 17.2 Å². The summed E-state index contributed by atoms with van der Waals surface area (Å²) < 4.78 is 0. The quantitative estimate of drug-likeness (QED) is 0.658. The minimum absolute atomic E-state index is 0.0654. The zero-order valence-electron chi connectivity index (χ0n) is 12.1. The fraction of sp³-hybridized carbons (Fsp3) is 0.533. The number of hydrogen-bond donors (Lipinski definition) is 2. The maximum absolute atomic E-state index is 12.3. The van der Waals surface area contributed by atoms with Gasteiger partial charge < -0.3 is 10.4 Å². The van der Waals surface area contributed by atoms with Crippen LogP contribution in [0.5, 0.6) is 0 Å². The minimum Gasteiger partial charge on any atom is -0.394 e. The molecule has 21 heavy (non-hydrogen) atoms. The molecule has 0 radical (unpaired) electrons. The number of aliphatic hydroxyl groups is 1. The van der Waals surface area contributed by atoms with Crippen LogP contribution in [0.4, 0.5) is 5.69 Å². The van der Waals surface area contributed by atoms with Gasteiger partial charge >= 0.3 is 0 Å². The molecule has 1 aromatic rings. The van der Waals surface area contributed by atoms with Gasteiger partial charge in [0.1, 0.15) is 0 Å². The average Bonchev–Trinajstić information content (AvgIpc) is 2.48. The lowest BCUT2D eigenvalue weighted by Gasteiger charge is -2.36. The highest BCUT2D eigenvalue weighted by molar-refractivity contribution is 5.95. The number of nitro benzene ring substituents is 1. The van der Waals surface area contributed by atoms with Gasteiger partial charge in [-0.2, -0.15) is 0 Å². The Morgan fingerprint density at radius 3 is 2.62 bits per heavy atom. The summed E-state index contributed by atoms with van der Waals surface area (Å²) in [4.78, 5) is 22.8. The molecule has 6 nitrogen and oxygen atoms in total. The summed E-state index contributed by atoms with van der Waals surface area (Å²) in [6, 6.07) is 4.43. The summed E-state index contributed by atoms with van der Waals surface area (Å²) in [6.45, 7) is 1.53. The summed E-state index contributed by atoms with van der Waals surface area (Å²) in [5.74, 6) is -0.367. The van der Waals surface area contributed by atoms with E-state index in [0.717, 1.165) is 32.1 Å².